The smallest absolute Gasteiger partial charge is 0.279 e. The van der Waals surface area contributed by atoms with Crippen LogP contribution in [0.3, 0.4) is 0 Å². The van der Waals surface area contributed by atoms with Crippen molar-refractivity contribution in [3.05, 3.63) is 63.5 Å². The summed E-state index contributed by atoms with van der Waals surface area (Å²) in [6, 6.07) is 13.6. The van der Waals surface area contributed by atoms with Gasteiger partial charge in [-0.3, -0.25) is 9.48 Å². The van der Waals surface area contributed by atoms with E-state index in [1.165, 1.54) is 11.3 Å². The predicted octanol–water partition coefficient (Wildman–Crippen LogP) is 3.71. The van der Waals surface area contributed by atoms with Crippen LogP contribution in [0.1, 0.15) is 25.8 Å². The molecule has 0 bridgehead atoms. The van der Waals surface area contributed by atoms with Crippen LogP contribution in [-0.4, -0.2) is 37.3 Å². The second-order valence-corrected chi connectivity index (χ2v) is 8.36. The molecule has 0 radical (unpaired) electrons. The van der Waals surface area contributed by atoms with Crippen molar-refractivity contribution in [2.75, 3.05) is 6.54 Å². The van der Waals surface area contributed by atoms with Crippen LogP contribution in [0, 0.1) is 6.92 Å². The van der Waals surface area contributed by atoms with E-state index < -0.39 is 0 Å². The Labute approximate surface area is 171 Å². The van der Waals surface area contributed by atoms with Crippen LogP contribution in [0.25, 0.3) is 23.0 Å². The van der Waals surface area contributed by atoms with Crippen LogP contribution >= 0.6 is 11.3 Å². The lowest BCUT2D eigenvalue weighted by atomic mass is 10.0. The molecule has 0 fully saturated rings. The molecule has 0 aliphatic carbocycles. The number of aromatic nitrogens is 4. The van der Waals surface area contributed by atoms with Crippen molar-refractivity contribution in [3.63, 3.8) is 0 Å². The molecule has 3 aromatic heterocycles. The Morgan fingerprint density at radius 3 is 2.76 bits per heavy atom. The van der Waals surface area contributed by atoms with Gasteiger partial charge in [-0.15, -0.1) is 11.3 Å². The van der Waals surface area contributed by atoms with Crippen molar-refractivity contribution in [1.29, 1.82) is 0 Å². The average molecular weight is 405 g/mol. The number of amides is 1. The Morgan fingerprint density at radius 1 is 1.17 bits per heavy atom. The summed E-state index contributed by atoms with van der Waals surface area (Å²) < 4.78 is 7.39. The number of aryl methyl sites for hydroxylation is 2. The zero-order valence-corrected chi connectivity index (χ0v) is 16.9. The number of nitrogens with zero attached hydrogens (tertiary/aromatic N) is 5. The molecule has 5 rings (SSSR count). The van der Waals surface area contributed by atoms with Gasteiger partial charge in [-0.05, 0) is 19.1 Å². The first-order chi connectivity index (χ1) is 14.1. The van der Waals surface area contributed by atoms with Crippen LogP contribution in [-0.2, 0) is 20.0 Å². The van der Waals surface area contributed by atoms with Gasteiger partial charge in [0.1, 0.15) is 0 Å². The largest absolute Gasteiger partial charge is 0.333 e. The minimum atomic E-state index is 0.0547. The highest BCUT2D eigenvalue weighted by Crippen LogP contribution is 2.31. The molecule has 4 heterocycles. The summed E-state index contributed by atoms with van der Waals surface area (Å²) >= 11 is 1.52. The van der Waals surface area contributed by atoms with Crippen LogP contribution in [0.2, 0.25) is 0 Å². The van der Waals surface area contributed by atoms with Crippen LogP contribution in [0.5, 0.6) is 0 Å². The highest BCUT2D eigenvalue weighted by molar-refractivity contribution is 7.13. The Kier molecular flexibility index (Phi) is 4.28. The Bertz CT molecular complexity index is 1190. The Morgan fingerprint density at radius 2 is 2.00 bits per heavy atom. The number of benzene rings is 1. The third-order valence-corrected chi connectivity index (χ3v) is 6.13. The predicted molar refractivity (Wildman–Crippen MR) is 109 cm³/mol. The lowest BCUT2D eigenvalue weighted by molar-refractivity contribution is 0.0738. The highest BCUT2D eigenvalue weighted by Gasteiger charge is 2.30. The maximum absolute atomic E-state index is 12.9. The fourth-order valence-corrected chi connectivity index (χ4v) is 4.50. The van der Waals surface area contributed by atoms with Crippen LogP contribution in [0.15, 0.2) is 47.0 Å². The summed E-state index contributed by atoms with van der Waals surface area (Å²) in [5, 5.41) is 8.74. The van der Waals surface area contributed by atoms with E-state index in [1.807, 2.05) is 66.0 Å². The van der Waals surface area contributed by atoms with Gasteiger partial charge in [0.15, 0.2) is 5.69 Å². The Balaban J connectivity index is 1.47. The fourth-order valence-electron chi connectivity index (χ4n) is 3.67. The number of rotatable bonds is 3. The molecular weight excluding hydrogens is 386 g/mol. The molecule has 1 aliphatic heterocycles. The molecule has 1 aromatic carbocycles. The van der Waals surface area contributed by atoms with Crippen LogP contribution < -0.4 is 0 Å². The molecule has 7 nitrogen and oxygen atoms in total. The van der Waals surface area contributed by atoms with E-state index in [1.54, 1.807) is 0 Å². The number of carbonyl (C=O) groups excluding carboxylic acids is 1. The van der Waals surface area contributed by atoms with E-state index in [4.69, 9.17) is 4.52 Å². The highest BCUT2D eigenvalue weighted by atomic mass is 32.1. The molecule has 0 unspecified atom stereocenters. The molecule has 0 saturated carbocycles. The lowest BCUT2D eigenvalue weighted by Gasteiger charge is -2.27. The van der Waals surface area contributed by atoms with E-state index in [9.17, 15) is 4.79 Å². The molecule has 8 heteroatoms. The first-order valence-electron chi connectivity index (χ1n) is 9.40. The average Bonchev–Trinajstić information content (AvgIpc) is 3.47. The van der Waals surface area contributed by atoms with E-state index in [-0.39, 0.29) is 5.91 Å². The lowest BCUT2D eigenvalue weighted by Crippen LogP contribution is -2.36. The van der Waals surface area contributed by atoms with Crippen molar-refractivity contribution < 1.29 is 9.32 Å². The SMILES string of the molecule is Cc1ccc(C(=O)N2CCc3c(c(-c4nc(-c5ccccc5)no4)nn3C)C2)s1. The first kappa shape index (κ1) is 17.8. The molecule has 1 aliphatic rings. The first-order valence-corrected chi connectivity index (χ1v) is 10.2. The normalized spacial score (nSPS) is 13.5. The summed E-state index contributed by atoms with van der Waals surface area (Å²) in [5.41, 5.74) is 3.61. The quantitative estimate of drug-likeness (QED) is 0.519. The Hall–Kier alpha value is -3.26. The maximum Gasteiger partial charge on any atom is 0.279 e. The molecule has 0 spiro atoms. The molecule has 0 N–H and O–H groups in total. The third kappa shape index (κ3) is 3.15. The van der Waals surface area contributed by atoms with Crippen molar-refractivity contribution in [3.8, 4) is 23.0 Å². The summed E-state index contributed by atoms with van der Waals surface area (Å²) in [6.45, 7) is 3.16. The third-order valence-electron chi connectivity index (χ3n) is 5.14. The van der Waals surface area contributed by atoms with Gasteiger partial charge in [-0.25, -0.2) is 0 Å². The monoisotopic (exact) mass is 405 g/mol. The van der Waals surface area contributed by atoms with Crippen molar-refractivity contribution in [1.82, 2.24) is 24.8 Å². The van der Waals surface area contributed by atoms with Crippen LogP contribution in [0.4, 0.5) is 0 Å². The summed E-state index contributed by atoms with van der Waals surface area (Å²) in [5.74, 6) is 0.957. The zero-order chi connectivity index (χ0) is 20.0. The van der Waals surface area contributed by atoms with Gasteiger partial charge < -0.3 is 9.42 Å². The van der Waals surface area contributed by atoms with Crippen molar-refractivity contribution in [2.45, 2.75) is 19.9 Å². The van der Waals surface area contributed by atoms with Gasteiger partial charge in [-0.2, -0.15) is 10.1 Å². The topological polar surface area (TPSA) is 77.1 Å². The molecule has 4 aromatic rings. The minimum Gasteiger partial charge on any atom is -0.333 e. The number of hydrogen-bond donors (Lipinski definition) is 0. The number of carbonyl (C=O) groups is 1. The minimum absolute atomic E-state index is 0.0547. The fraction of sp³-hybridized carbons (Fsp3) is 0.238. The molecule has 1 amide bonds. The standard InChI is InChI=1S/C21H19N5O2S/c1-13-8-9-17(29-13)21(27)26-11-10-16-15(12-26)18(23-25(16)2)20-22-19(24-28-20)14-6-4-3-5-7-14/h3-9H,10-12H2,1-2H3. The molecule has 0 atom stereocenters. The summed E-state index contributed by atoms with van der Waals surface area (Å²) in [6.07, 6.45) is 0.745. The van der Waals surface area contributed by atoms with Gasteiger partial charge in [0.2, 0.25) is 5.82 Å². The van der Waals surface area contributed by atoms with E-state index in [0.29, 0.717) is 30.5 Å². The van der Waals surface area contributed by atoms with Gasteiger partial charge in [0, 0.05) is 41.7 Å². The summed E-state index contributed by atoms with van der Waals surface area (Å²) in [4.78, 5) is 21.2. The molecular formula is C21H19N5O2S. The molecule has 146 valence electrons. The zero-order valence-electron chi connectivity index (χ0n) is 16.1. The van der Waals surface area contributed by atoms with E-state index in [0.717, 1.165) is 33.0 Å². The second kappa shape index (κ2) is 6.97. The number of fused-ring (bicyclic) bond motifs is 1. The van der Waals surface area contributed by atoms with Gasteiger partial charge >= 0.3 is 0 Å². The van der Waals surface area contributed by atoms with E-state index >= 15 is 0 Å². The maximum atomic E-state index is 12.9. The van der Waals surface area contributed by atoms with Crippen molar-refractivity contribution >= 4 is 17.2 Å². The summed E-state index contributed by atoms with van der Waals surface area (Å²) in [7, 11) is 1.91. The molecule has 29 heavy (non-hydrogen) atoms. The van der Waals surface area contributed by atoms with Crippen molar-refractivity contribution in [2.24, 2.45) is 7.05 Å². The van der Waals surface area contributed by atoms with Gasteiger partial charge in [0.05, 0.1) is 11.4 Å². The molecule has 0 saturated heterocycles. The van der Waals surface area contributed by atoms with Gasteiger partial charge in [0.25, 0.3) is 11.8 Å². The van der Waals surface area contributed by atoms with Gasteiger partial charge in [-0.1, -0.05) is 35.5 Å². The number of thiophene rings is 1. The second-order valence-electron chi connectivity index (χ2n) is 7.07. The van der Waals surface area contributed by atoms with E-state index in [2.05, 4.69) is 15.2 Å². The number of hydrogen-bond acceptors (Lipinski definition) is 6.